The Hall–Kier alpha value is -0.380. The summed E-state index contributed by atoms with van der Waals surface area (Å²) >= 11 is 0. The summed E-state index contributed by atoms with van der Waals surface area (Å²) < 4.78 is 0. The smallest absolute Gasteiger partial charge is 0.0549 e. The maximum atomic E-state index is 9.50. The first-order valence-corrected chi connectivity index (χ1v) is 7.39. The zero-order valence-corrected chi connectivity index (χ0v) is 12.3. The second kappa shape index (κ2) is 8.68. The van der Waals surface area contributed by atoms with E-state index in [9.17, 15) is 5.11 Å². The highest BCUT2D eigenvalue weighted by Gasteiger charge is 2.17. The number of piperidine rings is 1. The molecule has 3 nitrogen and oxygen atoms in total. The lowest BCUT2D eigenvalue weighted by Gasteiger charge is -2.32. The molecular formula is C15H30N2O. The van der Waals surface area contributed by atoms with Crippen molar-refractivity contribution >= 4 is 0 Å². The Morgan fingerprint density at radius 3 is 2.61 bits per heavy atom. The maximum Gasteiger partial charge on any atom is 0.0549 e. The van der Waals surface area contributed by atoms with Crippen molar-refractivity contribution in [3.05, 3.63) is 11.6 Å². The largest absolute Gasteiger partial charge is 0.393 e. The summed E-state index contributed by atoms with van der Waals surface area (Å²) in [6, 6.07) is 0.650. The monoisotopic (exact) mass is 254 g/mol. The predicted molar refractivity (Wildman–Crippen MR) is 77.8 cm³/mol. The van der Waals surface area contributed by atoms with Crippen molar-refractivity contribution in [2.75, 3.05) is 26.2 Å². The molecule has 1 saturated heterocycles. The van der Waals surface area contributed by atoms with Crippen LogP contribution in [0, 0.1) is 0 Å². The minimum absolute atomic E-state index is 0.129. The Morgan fingerprint density at radius 1 is 1.39 bits per heavy atom. The summed E-state index contributed by atoms with van der Waals surface area (Å²) in [4.78, 5) is 2.52. The molecule has 1 aliphatic rings. The molecule has 0 amide bonds. The number of hydrogen-bond acceptors (Lipinski definition) is 3. The highest BCUT2D eigenvalue weighted by molar-refractivity contribution is 4.95. The molecule has 1 aliphatic heterocycles. The molecule has 0 radical (unpaired) electrons. The third-order valence-corrected chi connectivity index (χ3v) is 3.73. The van der Waals surface area contributed by atoms with Crippen molar-refractivity contribution in [1.29, 1.82) is 0 Å². The van der Waals surface area contributed by atoms with Crippen LogP contribution >= 0.6 is 0 Å². The number of nitrogens with one attached hydrogen (secondary N) is 1. The third kappa shape index (κ3) is 6.53. The van der Waals surface area contributed by atoms with E-state index in [2.05, 4.69) is 30.1 Å². The van der Waals surface area contributed by atoms with Crippen LogP contribution in [0.5, 0.6) is 0 Å². The van der Waals surface area contributed by atoms with Crippen LogP contribution in [0.15, 0.2) is 11.6 Å². The molecule has 1 unspecified atom stereocenters. The Bertz CT molecular complexity index is 241. The number of hydrogen-bond donors (Lipinski definition) is 2. The van der Waals surface area contributed by atoms with E-state index in [4.69, 9.17) is 0 Å². The lowest BCUT2D eigenvalue weighted by molar-refractivity contribution is 0.154. The SMILES string of the molecule is CCC(O)CCNC1CCN(CC=C(C)C)CC1. The number of rotatable bonds is 7. The van der Waals surface area contributed by atoms with Crippen LogP contribution < -0.4 is 5.32 Å². The van der Waals surface area contributed by atoms with E-state index < -0.39 is 0 Å². The second-order valence-electron chi connectivity index (χ2n) is 5.66. The van der Waals surface area contributed by atoms with Crippen LogP contribution in [0.3, 0.4) is 0 Å². The van der Waals surface area contributed by atoms with Gasteiger partial charge >= 0.3 is 0 Å². The molecule has 106 valence electrons. The fourth-order valence-electron chi connectivity index (χ4n) is 2.29. The van der Waals surface area contributed by atoms with E-state index in [1.165, 1.54) is 31.5 Å². The fraction of sp³-hybridized carbons (Fsp3) is 0.867. The molecule has 0 bridgehead atoms. The first-order chi connectivity index (χ1) is 8.61. The normalized spacial score (nSPS) is 19.8. The molecule has 1 rings (SSSR count). The van der Waals surface area contributed by atoms with E-state index >= 15 is 0 Å². The van der Waals surface area contributed by atoms with Gasteiger partial charge in [0, 0.05) is 12.6 Å². The Balaban J connectivity index is 2.10. The molecule has 1 atom stereocenters. The standard InChI is InChI=1S/C15H30N2O/c1-4-15(18)5-9-16-14-7-11-17(12-8-14)10-6-13(2)3/h6,14-16,18H,4-5,7-12H2,1-3H3. The molecule has 2 N–H and O–H groups in total. The summed E-state index contributed by atoms with van der Waals surface area (Å²) in [5.41, 5.74) is 1.41. The van der Waals surface area contributed by atoms with Gasteiger partial charge in [-0.1, -0.05) is 18.6 Å². The molecule has 0 spiro atoms. The van der Waals surface area contributed by atoms with Crippen molar-refractivity contribution in [1.82, 2.24) is 10.2 Å². The lowest BCUT2D eigenvalue weighted by Crippen LogP contribution is -2.43. The van der Waals surface area contributed by atoms with Crippen molar-refractivity contribution in [3.63, 3.8) is 0 Å². The van der Waals surface area contributed by atoms with E-state index in [1.807, 2.05) is 6.92 Å². The minimum atomic E-state index is -0.129. The van der Waals surface area contributed by atoms with Gasteiger partial charge in [0.15, 0.2) is 0 Å². The van der Waals surface area contributed by atoms with Gasteiger partial charge in [0.2, 0.25) is 0 Å². The molecule has 3 heteroatoms. The number of likely N-dealkylation sites (tertiary alicyclic amines) is 1. The molecule has 18 heavy (non-hydrogen) atoms. The van der Waals surface area contributed by atoms with Crippen LogP contribution in [-0.2, 0) is 0 Å². The van der Waals surface area contributed by atoms with Gasteiger partial charge in [-0.15, -0.1) is 0 Å². The van der Waals surface area contributed by atoms with Gasteiger partial charge in [0.1, 0.15) is 0 Å². The van der Waals surface area contributed by atoms with Crippen LogP contribution in [-0.4, -0.2) is 48.3 Å². The molecule has 1 fully saturated rings. The molecule has 1 heterocycles. The summed E-state index contributed by atoms with van der Waals surface area (Å²) in [5.74, 6) is 0. The number of allylic oxidation sites excluding steroid dienone is 1. The van der Waals surface area contributed by atoms with Gasteiger partial charge in [-0.25, -0.2) is 0 Å². The Morgan fingerprint density at radius 2 is 2.06 bits per heavy atom. The summed E-state index contributed by atoms with van der Waals surface area (Å²) in [5, 5.41) is 13.1. The van der Waals surface area contributed by atoms with Gasteiger partial charge in [0.05, 0.1) is 6.10 Å². The molecule has 0 saturated carbocycles. The molecular weight excluding hydrogens is 224 g/mol. The highest BCUT2D eigenvalue weighted by atomic mass is 16.3. The molecule has 0 aromatic heterocycles. The number of nitrogens with zero attached hydrogens (tertiary/aromatic N) is 1. The number of aliphatic hydroxyl groups is 1. The van der Waals surface area contributed by atoms with Gasteiger partial charge in [-0.2, -0.15) is 0 Å². The van der Waals surface area contributed by atoms with E-state index in [0.29, 0.717) is 6.04 Å². The average molecular weight is 254 g/mol. The zero-order valence-electron chi connectivity index (χ0n) is 12.3. The second-order valence-corrected chi connectivity index (χ2v) is 5.66. The zero-order chi connectivity index (χ0) is 13.4. The summed E-state index contributed by atoms with van der Waals surface area (Å²) in [6.45, 7) is 10.8. The van der Waals surface area contributed by atoms with Gasteiger partial charge < -0.3 is 10.4 Å². The maximum absolute atomic E-state index is 9.50. The van der Waals surface area contributed by atoms with Crippen LogP contribution in [0.1, 0.15) is 46.5 Å². The third-order valence-electron chi connectivity index (χ3n) is 3.73. The minimum Gasteiger partial charge on any atom is -0.393 e. The van der Waals surface area contributed by atoms with Crippen LogP contribution in [0.2, 0.25) is 0 Å². The summed E-state index contributed by atoms with van der Waals surface area (Å²) in [7, 11) is 0. The highest BCUT2D eigenvalue weighted by Crippen LogP contribution is 2.10. The van der Waals surface area contributed by atoms with Gasteiger partial charge in [-0.05, 0) is 59.2 Å². The first kappa shape index (κ1) is 15.7. The number of aliphatic hydroxyl groups excluding tert-OH is 1. The quantitative estimate of drug-likeness (QED) is 0.684. The topological polar surface area (TPSA) is 35.5 Å². The predicted octanol–water partition coefficient (Wildman–Crippen LogP) is 2.17. The van der Waals surface area contributed by atoms with Crippen LogP contribution in [0.4, 0.5) is 0 Å². The molecule has 0 aromatic carbocycles. The summed E-state index contributed by atoms with van der Waals surface area (Å²) in [6.07, 6.45) is 6.40. The molecule has 0 aliphatic carbocycles. The lowest BCUT2D eigenvalue weighted by atomic mass is 10.0. The Labute approximate surface area is 112 Å². The van der Waals surface area contributed by atoms with E-state index in [0.717, 1.165) is 25.9 Å². The van der Waals surface area contributed by atoms with Crippen molar-refractivity contribution < 1.29 is 5.11 Å². The Kier molecular flexibility index (Phi) is 7.56. The van der Waals surface area contributed by atoms with Gasteiger partial charge in [-0.3, -0.25) is 4.90 Å². The average Bonchev–Trinajstić information content (AvgIpc) is 2.37. The van der Waals surface area contributed by atoms with Crippen molar-refractivity contribution in [2.24, 2.45) is 0 Å². The van der Waals surface area contributed by atoms with Crippen molar-refractivity contribution in [3.8, 4) is 0 Å². The fourth-order valence-corrected chi connectivity index (χ4v) is 2.29. The first-order valence-electron chi connectivity index (χ1n) is 7.39. The van der Waals surface area contributed by atoms with E-state index in [-0.39, 0.29) is 6.10 Å². The van der Waals surface area contributed by atoms with Gasteiger partial charge in [0.25, 0.3) is 0 Å². The van der Waals surface area contributed by atoms with Crippen molar-refractivity contribution in [2.45, 2.75) is 58.6 Å². The molecule has 0 aromatic rings. The van der Waals surface area contributed by atoms with Crippen LogP contribution in [0.25, 0.3) is 0 Å². The van der Waals surface area contributed by atoms with E-state index in [1.54, 1.807) is 0 Å².